The Morgan fingerprint density at radius 1 is 1.64 bits per heavy atom. The quantitative estimate of drug-likeness (QED) is 0.372. The molecule has 0 aromatic heterocycles. The van der Waals surface area contributed by atoms with Crippen LogP contribution in [0, 0.1) is 5.92 Å². The van der Waals surface area contributed by atoms with E-state index in [2.05, 4.69) is 13.5 Å². The smallest absolute Gasteiger partial charge is 0.111 e. The predicted octanol–water partition coefficient (Wildman–Crippen LogP) is 3.22. The van der Waals surface area contributed by atoms with Gasteiger partial charge in [-0.05, 0) is 31.4 Å². The highest BCUT2D eigenvalue weighted by molar-refractivity contribution is 5.12. The molecular weight excluding hydrogens is 136 g/mol. The van der Waals surface area contributed by atoms with Gasteiger partial charge in [0, 0.05) is 0 Å². The van der Waals surface area contributed by atoms with E-state index in [1.807, 2.05) is 12.2 Å². The molecule has 0 saturated heterocycles. The van der Waals surface area contributed by atoms with Gasteiger partial charge in [0.2, 0.25) is 0 Å². The summed E-state index contributed by atoms with van der Waals surface area (Å²) in [6, 6.07) is 0. The summed E-state index contributed by atoms with van der Waals surface area (Å²) in [4.78, 5) is 0. The molecule has 0 spiro atoms. The molecule has 0 aromatic rings. The molecule has 1 unspecified atom stereocenters. The zero-order chi connectivity index (χ0) is 8.69. The predicted molar refractivity (Wildman–Crippen MR) is 49.5 cm³/mol. The summed E-state index contributed by atoms with van der Waals surface area (Å²) in [5, 5.41) is 9.04. The maximum absolute atomic E-state index is 9.04. The van der Waals surface area contributed by atoms with Crippen LogP contribution in [0.2, 0.25) is 0 Å². The van der Waals surface area contributed by atoms with Gasteiger partial charge in [-0.25, -0.2) is 0 Å². The summed E-state index contributed by atoms with van der Waals surface area (Å²) < 4.78 is 0. The van der Waals surface area contributed by atoms with E-state index < -0.39 is 0 Å². The van der Waals surface area contributed by atoms with Gasteiger partial charge in [-0.3, -0.25) is 0 Å². The fourth-order valence-electron chi connectivity index (χ4n) is 0.700. The number of rotatable bonds is 4. The summed E-state index contributed by atoms with van der Waals surface area (Å²) >= 11 is 0. The van der Waals surface area contributed by atoms with Crippen molar-refractivity contribution < 1.29 is 5.11 Å². The average Bonchev–Trinajstić information content (AvgIpc) is 2.06. The van der Waals surface area contributed by atoms with Crippen LogP contribution in [-0.2, 0) is 0 Å². The molecule has 0 amide bonds. The molecule has 0 aliphatic rings. The molecule has 0 rings (SSSR count). The van der Waals surface area contributed by atoms with Crippen molar-refractivity contribution in [3.8, 4) is 0 Å². The Morgan fingerprint density at radius 3 is 2.64 bits per heavy atom. The Hall–Kier alpha value is -0.980. The third-order valence-corrected chi connectivity index (χ3v) is 1.58. The summed E-state index contributed by atoms with van der Waals surface area (Å²) in [5.41, 5.74) is 0. The molecule has 0 aliphatic heterocycles. The molecule has 0 aromatic carbocycles. The van der Waals surface area contributed by atoms with Crippen molar-refractivity contribution in [2.45, 2.75) is 20.3 Å². The first-order chi connectivity index (χ1) is 5.24. The van der Waals surface area contributed by atoms with Crippen LogP contribution >= 0.6 is 0 Å². The maximum Gasteiger partial charge on any atom is 0.111 e. The molecule has 62 valence electrons. The monoisotopic (exact) mass is 152 g/mol. The van der Waals surface area contributed by atoms with Gasteiger partial charge >= 0.3 is 0 Å². The normalized spacial score (nSPS) is 15.3. The van der Waals surface area contributed by atoms with Gasteiger partial charge in [0.15, 0.2) is 0 Å². The highest BCUT2D eigenvalue weighted by atomic mass is 16.3. The molecule has 0 fully saturated rings. The summed E-state index contributed by atoms with van der Waals surface area (Å²) in [7, 11) is 0. The van der Waals surface area contributed by atoms with Crippen molar-refractivity contribution in [2.75, 3.05) is 0 Å². The standard InChI is InChI=1S/C10H16O/c1-4-9(5-2)7-8-10(11)6-3/h4,6-9,11H,1,5H2,2-3H3/b8-7-,10-6+. The van der Waals surface area contributed by atoms with Gasteiger partial charge in [-0.1, -0.05) is 19.1 Å². The minimum atomic E-state index is 0.310. The molecular formula is C10H16O. The Kier molecular flexibility index (Phi) is 5.26. The lowest BCUT2D eigenvalue weighted by Gasteiger charge is -2.00. The van der Waals surface area contributed by atoms with Crippen molar-refractivity contribution in [1.29, 1.82) is 0 Å². The van der Waals surface area contributed by atoms with E-state index in [-0.39, 0.29) is 0 Å². The van der Waals surface area contributed by atoms with Gasteiger partial charge in [-0.2, -0.15) is 0 Å². The molecule has 1 nitrogen and oxygen atoms in total. The molecule has 0 aliphatic carbocycles. The fourth-order valence-corrected chi connectivity index (χ4v) is 0.700. The minimum Gasteiger partial charge on any atom is -0.508 e. The van der Waals surface area contributed by atoms with Crippen LogP contribution in [0.4, 0.5) is 0 Å². The second kappa shape index (κ2) is 5.78. The zero-order valence-electron chi connectivity index (χ0n) is 7.25. The van der Waals surface area contributed by atoms with Crippen LogP contribution in [0.1, 0.15) is 20.3 Å². The number of aliphatic hydroxyl groups excluding tert-OH is 1. The molecule has 1 heteroatoms. The van der Waals surface area contributed by atoms with Crippen molar-refractivity contribution >= 4 is 0 Å². The fraction of sp³-hybridized carbons (Fsp3) is 0.400. The molecule has 1 N–H and O–H groups in total. The van der Waals surface area contributed by atoms with Crippen LogP contribution in [0.25, 0.3) is 0 Å². The second-order valence-corrected chi connectivity index (χ2v) is 2.38. The van der Waals surface area contributed by atoms with Gasteiger partial charge < -0.3 is 5.11 Å². The number of hydrogen-bond acceptors (Lipinski definition) is 1. The third-order valence-electron chi connectivity index (χ3n) is 1.58. The molecule has 0 radical (unpaired) electrons. The highest BCUT2D eigenvalue weighted by Crippen LogP contribution is 2.06. The van der Waals surface area contributed by atoms with E-state index >= 15 is 0 Å². The molecule has 11 heavy (non-hydrogen) atoms. The van der Waals surface area contributed by atoms with Crippen LogP contribution in [0.5, 0.6) is 0 Å². The molecule has 0 heterocycles. The largest absolute Gasteiger partial charge is 0.508 e. The Morgan fingerprint density at radius 2 is 2.27 bits per heavy atom. The lowest BCUT2D eigenvalue weighted by Crippen LogP contribution is -1.87. The molecule has 0 saturated carbocycles. The van der Waals surface area contributed by atoms with E-state index in [4.69, 9.17) is 5.11 Å². The molecule has 0 bridgehead atoms. The van der Waals surface area contributed by atoms with Crippen molar-refractivity contribution in [2.24, 2.45) is 5.92 Å². The maximum atomic E-state index is 9.04. The first kappa shape index (κ1) is 10.0. The lowest BCUT2D eigenvalue weighted by atomic mass is 10.1. The van der Waals surface area contributed by atoms with E-state index in [1.165, 1.54) is 0 Å². The average molecular weight is 152 g/mol. The van der Waals surface area contributed by atoms with Crippen LogP contribution in [-0.4, -0.2) is 5.11 Å². The first-order valence-corrected chi connectivity index (χ1v) is 3.90. The Bertz CT molecular complexity index is 166. The SMILES string of the molecule is C=CC(/C=C\C(O)=C/C)CC. The van der Waals surface area contributed by atoms with Crippen LogP contribution < -0.4 is 0 Å². The van der Waals surface area contributed by atoms with Crippen LogP contribution in [0.15, 0.2) is 36.6 Å². The summed E-state index contributed by atoms with van der Waals surface area (Å²) in [5.74, 6) is 0.683. The number of allylic oxidation sites excluding steroid dienone is 4. The molecule has 1 atom stereocenters. The van der Waals surface area contributed by atoms with Crippen molar-refractivity contribution in [3.63, 3.8) is 0 Å². The minimum absolute atomic E-state index is 0.310. The van der Waals surface area contributed by atoms with Crippen molar-refractivity contribution in [1.82, 2.24) is 0 Å². The van der Waals surface area contributed by atoms with E-state index in [1.54, 1.807) is 19.1 Å². The first-order valence-electron chi connectivity index (χ1n) is 3.90. The van der Waals surface area contributed by atoms with E-state index in [0.717, 1.165) is 6.42 Å². The van der Waals surface area contributed by atoms with E-state index in [0.29, 0.717) is 11.7 Å². The summed E-state index contributed by atoms with van der Waals surface area (Å²) in [6.45, 7) is 7.57. The Labute approximate surface area is 68.7 Å². The van der Waals surface area contributed by atoms with Gasteiger partial charge in [0.25, 0.3) is 0 Å². The highest BCUT2D eigenvalue weighted by Gasteiger charge is 1.92. The van der Waals surface area contributed by atoms with E-state index in [9.17, 15) is 0 Å². The van der Waals surface area contributed by atoms with Gasteiger partial charge in [0.1, 0.15) is 5.76 Å². The second-order valence-electron chi connectivity index (χ2n) is 2.38. The number of hydrogen-bond donors (Lipinski definition) is 1. The topological polar surface area (TPSA) is 20.2 Å². The van der Waals surface area contributed by atoms with Crippen molar-refractivity contribution in [3.05, 3.63) is 36.6 Å². The number of aliphatic hydroxyl groups is 1. The van der Waals surface area contributed by atoms with Gasteiger partial charge in [0.05, 0.1) is 0 Å². The zero-order valence-corrected chi connectivity index (χ0v) is 7.25. The van der Waals surface area contributed by atoms with Gasteiger partial charge in [-0.15, -0.1) is 6.58 Å². The lowest BCUT2D eigenvalue weighted by molar-refractivity contribution is 0.430. The van der Waals surface area contributed by atoms with Crippen LogP contribution in [0.3, 0.4) is 0 Å². The summed E-state index contributed by atoms with van der Waals surface area (Å²) in [6.07, 6.45) is 8.21. The Balaban J connectivity index is 3.98. The third kappa shape index (κ3) is 4.43.